The molecule has 2 N–H and O–H groups in total. The SMILES string of the molecule is O=C(/C=C/c1ccc(F)cc1)NCC(O)c1ccsc1. The Morgan fingerprint density at radius 1 is 1.35 bits per heavy atom. The van der Waals surface area contributed by atoms with Gasteiger partial charge in [0, 0.05) is 12.6 Å². The number of benzene rings is 1. The van der Waals surface area contributed by atoms with Gasteiger partial charge in [-0.05, 0) is 46.2 Å². The summed E-state index contributed by atoms with van der Waals surface area (Å²) in [6, 6.07) is 7.64. The number of carbonyl (C=O) groups excluding carboxylic acids is 1. The summed E-state index contributed by atoms with van der Waals surface area (Å²) < 4.78 is 12.7. The van der Waals surface area contributed by atoms with E-state index in [1.54, 1.807) is 18.2 Å². The van der Waals surface area contributed by atoms with Gasteiger partial charge in [0.05, 0.1) is 6.10 Å². The number of nitrogens with one attached hydrogen (secondary N) is 1. The van der Waals surface area contributed by atoms with Gasteiger partial charge in [0.2, 0.25) is 5.91 Å². The molecule has 2 aromatic rings. The van der Waals surface area contributed by atoms with Crippen LogP contribution in [-0.2, 0) is 4.79 Å². The zero-order chi connectivity index (χ0) is 14.4. The number of aliphatic hydroxyl groups is 1. The second-order valence-corrected chi connectivity index (χ2v) is 4.98. The summed E-state index contributed by atoms with van der Waals surface area (Å²) in [6.07, 6.45) is 2.24. The highest BCUT2D eigenvalue weighted by molar-refractivity contribution is 7.07. The number of carbonyl (C=O) groups is 1. The minimum absolute atomic E-state index is 0.156. The molecule has 0 radical (unpaired) electrons. The number of halogens is 1. The molecule has 0 aliphatic rings. The number of hydrogen-bond donors (Lipinski definition) is 2. The molecule has 1 atom stereocenters. The van der Waals surface area contributed by atoms with E-state index >= 15 is 0 Å². The minimum Gasteiger partial charge on any atom is -0.387 e. The Labute approximate surface area is 120 Å². The van der Waals surface area contributed by atoms with E-state index in [1.807, 2.05) is 16.8 Å². The third-order valence-electron chi connectivity index (χ3n) is 2.69. The van der Waals surface area contributed by atoms with Gasteiger partial charge in [-0.3, -0.25) is 4.79 Å². The molecule has 5 heteroatoms. The predicted molar refractivity (Wildman–Crippen MR) is 77.7 cm³/mol. The smallest absolute Gasteiger partial charge is 0.244 e. The first-order valence-electron chi connectivity index (χ1n) is 6.07. The van der Waals surface area contributed by atoms with E-state index < -0.39 is 6.10 Å². The Morgan fingerprint density at radius 2 is 2.10 bits per heavy atom. The van der Waals surface area contributed by atoms with Gasteiger partial charge in [0.1, 0.15) is 5.82 Å². The van der Waals surface area contributed by atoms with Gasteiger partial charge in [-0.25, -0.2) is 4.39 Å². The van der Waals surface area contributed by atoms with Crippen LogP contribution in [0.2, 0.25) is 0 Å². The summed E-state index contributed by atoms with van der Waals surface area (Å²) in [5, 5.41) is 16.1. The molecule has 104 valence electrons. The van der Waals surface area contributed by atoms with E-state index in [4.69, 9.17) is 0 Å². The molecule has 0 bridgehead atoms. The lowest BCUT2D eigenvalue weighted by atomic mass is 10.2. The van der Waals surface area contributed by atoms with Gasteiger partial charge in [-0.2, -0.15) is 11.3 Å². The van der Waals surface area contributed by atoms with Crippen LogP contribution in [0.15, 0.2) is 47.2 Å². The van der Waals surface area contributed by atoms with Gasteiger partial charge < -0.3 is 10.4 Å². The molecule has 20 heavy (non-hydrogen) atoms. The van der Waals surface area contributed by atoms with Crippen molar-refractivity contribution in [2.24, 2.45) is 0 Å². The first-order valence-corrected chi connectivity index (χ1v) is 7.01. The zero-order valence-corrected chi connectivity index (χ0v) is 11.4. The van der Waals surface area contributed by atoms with Gasteiger partial charge in [0.15, 0.2) is 0 Å². The highest BCUT2D eigenvalue weighted by atomic mass is 32.1. The summed E-state index contributed by atoms with van der Waals surface area (Å²) in [6.45, 7) is 0.156. The molecule has 1 aromatic carbocycles. The predicted octanol–water partition coefficient (Wildman–Crippen LogP) is 2.75. The summed E-state index contributed by atoms with van der Waals surface area (Å²) in [7, 11) is 0. The van der Waals surface area contributed by atoms with Crippen molar-refractivity contribution in [3.8, 4) is 0 Å². The minimum atomic E-state index is -0.704. The fourth-order valence-electron chi connectivity index (χ4n) is 1.58. The molecule has 0 saturated carbocycles. The van der Waals surface area contributed by atoms with Crippen molar-refractivity contribution >= 4 is 23.3 Å². The molecule has 1 aromatic heterocycles. The van der Waals surface area contributed by atoms with Gasteiger partial charge >= 0.3 is 0 Å². The van der Waals surface area contributed by atoms with Crippen LogP contribution in [-0.4, -0.2) is 17.6 Å². The largest absolute Gasteiger partial charge is 0.387 e. The molecular weight excluding hydrogens is 277 g/mol. The molecule has 0 aliphatic carbocycles. The molecule has 3 nitrogen and oxygen atoms in total. The quantitative estimate of drug-likeness (QED) is 0.832. The highest BCUT2D eigenvalue weighted by Gasteiger charge is 2.08. The zero-order valence-electron chi connectivity index (χ0n) is 10.6. The van der Waals surface area contributed by atoms with Gasteiger partial charge in [0.25, 0.3) is 0 Å². The van der Waals surface area contributed by atoms with E-state index in [2.05, 4.69) is 5.32 Å². The molecular formula is C15H14FNO2S. The Hall–Kier alpha value is -1.98. The van der Waals surface area contributed by atoms with Crippen LogP contribution >= 0.6 is 11.3 Å². The maximum Gasteiger partial charge on any atom is 0.244 e. The normalized spacial score (nSPS) is 12.5. The fraction of sp³-hybridized carbons (Fsp3) is 0.133. The molecule has 2 rings (SSSR count). The average Bonchev–Trinajstić information content (AvgIpc) is 2.98. The van der Waals surface area contributed by atoms with Crippen molar-refractivity contribution in [1.82, 2.24) is 5.32 Å². The van der Waals surface area contributed by atoms with Crippen molar-refractivity contribution < 1.29 is 14.3 Å². The van der Waals surface area contributed by atoms with Crippen molar-refractivity contribution in [1.29, 1.82) is 0 Å². The average molecular weight is 291 g/mol. The second kappa shape index (κ2) is 6.98. The molecule has 0 aliphatic heterocycles. The van der Waals surface area contributed by atoms with Crippen molar-refractivity contribution in [3.63, 3.8) is 0 Å². The highest BCUT2D eigenvalue weighted by Crippen LogP contribution is 2.15. The van der Waals surface area contributed by atoms with Crippen molar-refractivity contribution in [3.05, 3.63) is 64.1 Å². The van der Waals surface area contributed by atoms with Crippen LogP contribution in [0.1, 0.15) is 17.2 Å². The van der Waals surface area contributed by atoms with E-state index in [0.29, 0.717) is 0 Å². The first-order chi connectivity index (χ1) is 9.65. The summed E-state index contributed by atoms with van der Waals surface area (Å²) in [5.41, 5.74) is 1.53. The topological polar surface area (TPSA) is 49.3 Å². The first kappa shape index (κ1) is 14.4. The Kier molecular flexibility index (Phi) is 5.03. The number of thiophene rings is 1. The maximum absolute atomic E-state index is 12.7. The van der Waals surface area contributed by atoms with Gasteiger partial charge in [-0.1, -0.05) is 12.1 Å². The van der Waals surface area contributed by atoms with E-state index in [9.17, 15) is 14.3 Å². The number of rotatable bonds is 5. The molecule has 1 heterocycles. The molecule has 1 amide bonds. The van der Waals surface area contributed by atoms with E-state index in [-0.39, 0.29) is 18.3 Å². The van der Waals surface area contributed by atoms with Crippen LogP contribution in [0.4, 0.5) is 4.39 Å². The summed E-state index contributed by atoms with van der Waals surface area (Å²) in [4.78, 5) is 11.6. The van der Waals surface area contributed by atoms with Crippen molar-refractivity contribution in [2.75, 3.05) is 6.54 Å². The standard InChI is InChI=1S/C15H14FNO2S/c16-13-4-1-11(2-5-13)3-6-15(19)17-9-14(18)12-7-8-20-10-12/h1-8,10,14,18H,9H2,(H,17,19)/b6-3+. The van der Waals surface area contributed by atoms with E-state index in [1.165, 1.54) is 29.5 Å². The molecule has 0 fully saturated rings. The van der Waals surface area contributed by atoms with E-state index in [0.717, 1.165) is 11.1 Å². The maximum atomic E-state index is 12.7. The number of hydrogen-bond acceptors (Lipinski definition) is 3. The number of aliphatic hydroxyl groups excluding tert-OH is 1. The summed E-state index contributed by atoms with van der Waals surface area (Å²) >= 11 is 1.49. The Bertz CT molecular complexity index is 578. The van der Waals surface area contributed by atoms with Crippen LogP contribution in [0.3, 0.4) is 0 Å². The fourth-order valence-corrected chi connectivity index (χ4v) is 2.29. The molecule has 0 saturated heterocycles. The van der Waals surface area contributed by atoms with Crippen LogP contribution in [0.25, 0.3) is 6.08 Å². The third-order valence-corrected chi connectivity index (χ3v) is 3.40. The van der Waals surface area contributed by atoms with Crippen molar-refractivity contribution in [2.45, 2.75) is 6.10 Å². The third kappa shape index (κ3) is 4.29. The Morgan fingerprint density at radius 3 is 2.75 bits per heavy atom. The lowest BCUT2D eigenvalue weighted by molar-refractivity contribution is -0.116. The Balaban J connectivity index is 1.82. The van der Waals surface area contributed by atoms with Crippen LogP contribution in [0.5, 0.6) is 0 Å². The van der Waals surface area contributed by atoms with Gasteiger partial charge in [-0.15, -0.1) is 0 Å². The second-order valence-electron chi connectivity index (χ2n) is 4.20. The monoisotopic (exact) mass is 291 g/mol. The lowest BCUT2D eigenvalue weighted by Gasteiger charge is -2.08. The number of amides is 1. The molecule has 1 unspecified atom stereocenters. The molecule has 0 spiro atoms. The lowest BCUT2D eigenvalue weighted by Crippen LogP contribution is -2.26. The van der Waals surface area contributed by atoms with Crippen LogP contribution < -0.4 is 5.32 Å². The van der Waals surface area contributed by atoms with Crippen LogP contribution in [0, 0.1) is 5.82 Å². The summed E-state index contributed by atoms with van der Waals surface area (Å²) in [5.74, 6) is -0.617.